The lowest BCUT2D eigenvalue weighted by molar-refractivity contribution is -0.131. The van der Waals surface area contributed by atoms with E-state index < -0.39 is 0 Å². The van der Waals surface area contributed by atoms with Gasteiger partial charge in [0, 0.05) is 25.8 Å². The number of nitrogens with one attached hydrogen (secondary N) is 1. The number of hydrogen-bond acceptors (Lipinski definition) is 3. The van der Waals surface area contributed by atoms with Crippen LogP contribution in [0.25, 0.3) is 6.08 Å². The highest BCUT2D eigenvalue weighted by atomic mass is 16.2. The number of nitrogens with zero attached hydrogens (tertiary/aromatic N) is 2. The minimum atomic E-state index is 0.117. The molecule has 0 aliphatic carbocycles. The van der Waals surface area contributed by atoms with Gasteiger partial charge in [0.2, 0.25) is 5.91 Å². The average molecular weight is 319 g/mol. The molecular weight excluding hydrogens is 286 g/mol. The van der Waals surface area contributed by atoms with E-state index in [4.69, 9.17) is 0 Å². The molecule has 0 fully saturated rings. The molecule has 4 nitrogen and oxygen atoms in total. The van der Waals surface area contributed by atoms with Gasteiger partial charge in [0.1, 0.15) is 0 Å². The van der Waals surface area contributed by atoms with Crippen molar-refractivity contribution in [2.75, 3.05) is 19.6 Å². The molecule has 0 unspecified atom stereocenters. The third-order valence-electron chi connectivity index (χ3n) is 3.06. The van der Waals surface area contributed by atoms with Gasteiger partial charge in [0.25, 0.3) is 0 Å². The zero-order chi connectivity index (χ0) is 17.9. The average Bonchev–Trinajstić information content (AvgIpc) is 2.53. The Morgan fingerprint density at radius 2 is 2.04 bits per heavy atom. The Balaban J connectivity index is 0.00000232. The molecule has 0 atom stereocenters. The van der Waals surface area contributed by atoms with Gasteiger partial charge >= 0.3 is 0 Å². The summed E-state index contributed by atoms with van der Waals surface area (Å²) in [4.78, 5) is 18.4. The van der Waals surface area contributed by atoms with Crippen molar-refractivity contribution in [3.05, 3.63) is 36.2 Å². The van der Waals surface area contributed by atoms with E-state index in [2.05, 4.69) is 37.7 Å². The standard InChI is InChI=1S/C17H27N3O.C2H6/c1-6-14-8-9-19-15(10-14)11-18-12-16(21)20(7-2)13-17(3,4)5;1-2/h6,8-10,18H,1,7,11-13H2,2-5H3;1-2H3. The molecule has 130 valence electrons. The third-order valence-corrected chi connectivity index (χ3v) is 3.06. The van der Waals surface area contributed by atoms with E-state index in [0.29, 0.717) is 13.1 Å². The molecule has 1 heterocycles. The van der Waals surface area contributed by atoms with Gasteiger partial charge in [-0.2, -0.15) is 0 Å². The molecule has 0 bridgehead atoms. The summed E-state index contributed by atoms with van der Waals surface area (Å²) in [7, 11) is 0. The summed E-state index contributed by atoms with van der Waals surface area (Å²) < 4.78 is 0. The van der Waals surface area contributed by atoms with Gasteiger partial charge in [-0.1, -0.05) is 47.3 Å². The predicted molar refractivity (Wildman–Crippen MR) is 99.1 cm³/mol. The molecule has 0 spiro atoms. The number of pyridine rings is 1. The summed E-state index contributed by atoms with van der Waals surface area (Å²) in [5.41, 5.74) is 2.07. The highest BCUT2D eigenvalue weighted by Gasteiger charge is 2.19. The van der Waals surface area contributed by atoms with Gasteiger partial charge in [0.05, 0.1) is 12.2 Å². The van der Waals surface area contributed by atoms with Crippen LogP contribution in [0.15, 0.2) is 24.9 Å². The highest BCUT2D eigenvalue weighted by Crippen LogP contribution is 2.14. The maximum absolute atomic E-state index is 12.2. The molecule has 1 amide bonds. The first-order valence-electron chi connectivity index (χ1n) is 8.41. The molecule has 0 saturated heterocycles. The van der Waals surface area contributed by atoms with Crippen LogP contribution in [0.1, 0.15) is 52.8 Å². The van der Waals surface area contributed by atoms with E-state index in [1.165, 1.54) is 0 Å². The Bertz CT molecular complexity index is 478. The smallest absolute Gasteiger partial charge is 0.236 e. The molecule has 1 aromatic heterocycles. The van der Waals surface area contributed by atoms with E-state index >= 15 is 0 Å². The molecule has 1 rings (SSSR count). The fourth-order valence-corrected chi connectivity index (χ4v) is 2.08. The summed E-state index contributed by atoms with van der Waals surface area (Å²) in [5.74, 6) is 0.132. The maximum atomic E-state index is 12.2. The molecule has 1 N–H and O–H groups in total. The van der Waals surface area contributed by atoms with E-state index in [1.807, 2.05) is 37.8 Å². The van der Waals surface area contributed by atoms with E-state index in [0.717, 1.165) is 24.3 Å². The van der Waals surface area contributed by atoms with Crippen molar-refractivity contribution in [1.29, 1.82) is 0 Å². The molecule has 0 saturated carbocycles. The van der Waals surface area contributed by atoms with Crippen molar-refractivity contribution >= 4 is 12.0 Å². The van der Waals surface area contributed by atoms with Gasteiger partial charge in [-0.15, -0.1) is 0 Å². The van der Waals surface area contributed by atoms with Crippen molar-refractivity contribution in [1.82, 2.24) is 15.2 Å². The molecule has 4 heteroatoms. The summed E-state index contributed by atoms with van der Waals surface area (Å²) >= 11 is 0. The van der Waals surface area contributed by atoms with Crippen molar-refractivity contribution < 1.29 is 4.79 Å². The van der Waals surface area contributed by atoms with E-state index in [9.17, 15) is 4.79 Å². The summed E-state index contributed by atoms with van der Waals surface area (Å²) in [5, 5.41) is 3.17. The Hall–Kier alpha value is -1.68. The van der Waals surface area contributed by atoms with Gasteiger partial charge in [-0.05, 0) is 30.0 Å². The second-order valence-corrected chi connectivity index (χ2v) is 6.36. The summed E-state index contributed by atoms with van der Waals surface area (Å²) in [6.07, 6.45) is 3.55. The maximum Gasteiger partial charge on any atom is 0.236 e. The monoisotopic (exact) mass is 319 g/mol. The van der Waals surface area contributed by atoms with Crippen LogP contribution < -0.4 is 5.32 Å². The number of amides is 1. The van der Waals surface area contributed by atoms with Crippen LogP contribution in [0, 0.1) is 5.41 Å². The zero-order valence-electron chi connectivity index (χ0n) is 15.6. The Morgan fingerprint density at radius 3 is 2.57 bits per heavy atom. The second kappa shape index (κ2) is 10.9. The molecule has 23 heavy (non-hydrogen) atoms. The lowest BCUT2D eigenvalue weighted by Gasteiger charge is -2.29. The van der Waals surface area contributed by atoms with Crippen LogP contribution >= 0.6 is 0 Å². The summed E-state index contributed by atoms with van der Waals surface area (Å²) in [6.45, 7) is 18.6. The Morgan fingerprint density at radius 1 is 1.39 bits per heavy atom. The molecule has 1 aromatic rings. The fourth-order valence-electron chi connectivity index (χ4n) is 2.08. The van der Waals surface area contributed by atoms with E-state index in [-0.39, 0.29) is 11.3 Å². The number of carbonyl (C=O) groups is 1. The minimum absolute atomic E-state index is 0.117. The normalized spacial score (nSPS) is 10.5. The number of carbonyl (C=O) groups excluding carboxylic acids is 1. The molecule has 0 aliphatic heterocycles. The first-order valence-corrected chi connectivity index (χ1v) is 8.41. The first kappa shape index (κ1) is 21.3. The van der Waals surface area contributed by atoms with Crippen molar-refractivity contribution in [2.24, 2.45) is 5.41 Å². The fraction of sp³-hybridized carbons (Fsp3) is 0.579. The highest BCUT2D eigenvalue weighted by molar-refractivity contribution is 5.78. The first-order chi connectivity index (χ1) is 10.9. The number of rotatable bonds is 7. The second-order valence-electron chi connectivity index (χ2n) is 6.36. The van der Waals surface area contributed by atoms with Crippen LogP contribution in [0.2, 0.25) is 0 Å². The topological polar surface area (TPSA) is 45.2 Å². The minimum Gasteiger partial charge on any atom is -0.341 e. The molecule has 0 aliphatic rings. The lowest BCUT2D eigenvalue weighted by Crippen LogP contribution is -2.42. The van der Waals surface area contributed by atoms with Crippen LogP contribution in [0.4, 0.5) is 0 Å². The lowest BCUT2D eigenvalue weighted by atomic mass is 9.96. The molecule has 0 radical (unpaired) electrons. The predicted octanol–water partition coefficient (Wildman–Crippen LogP) is 3.74. The van der Waals surface area contributed by atoms with Crippen LogP contribution in [0.5, 0.6) is 0 Å². The van der Waals surface area contributed by atoms with Gasteiger partial charge < -0.3 is 10.2 Å². The Labute approximate surface area is 142 Å². The molecular formula is C19H33N3O. The van der Waals surface area contributed by atoms with Gasteiger partial charge in [-0.3, -0.25) is 9.78 Å². The summed E-state index contributed by atoms with van der Waals surface area (Å²) in [6, 6.07) is 3.88. The van der Waals surface area contributed by atoms with E-state index in [1.54, 1.807) is 12.3 Å². The van der Waals surface area contributed by atoms with Crippen molar-refractivity contribution in [2.45, 2.75) is 48.1 Å². The SMILES string of the molecule is C=Cc1ccnc(CNCC(=O)N(CC)CC(C)(C)C)c1.CC. The Kier molecular flexibility index (Phi) is 10.1. The van der Waals surface area contributed by atoms with Crippen LogP contribution in [-0.4, -0.2) is 35.4 Å². The molecule has 0 aromatic carbocycles. The van der Waals surface area contributed by atoms with Crippen molar-refractivity contribution in [3.8, 4) is 0 Å². The zero-order valence-corrected chi connectivity index (χ0v) is 15.6. The van der Waals surface area contributed by atoms with Gasteiger partial charge in [-0.25, -0.2) is 0 Å². The number of likely N-dealkylation sites (N-methyl/N-ethyl adjacent to an activating group) is 1. The van der Waals surface area contributed by atoms with Crippen LogP contribution in [-0.2, 0) is 11.3 Å². The number of hydrogen-bond donors (Lipinski definition) is 1. The van der Waals surface area contributed by atoms with Crippen LogP contribution in [0.3, 0.4) is 0 Å². The van der Waals surface area contributed by atoms with Gasteiger partial charge in [0.15, 0.2) is 0 Å². The third kappa shape index (κ3) is 9.14. The quantitative estimate of drug-likeness (QED) is 0.833. The number of aromatic nitrogens is 1. The van der Waals surface area contributed by atoms with Crippen molar-refractivity contribution in [3.63, 3.8) is 0 Å². The largest absolute Gasteiger partial charge is 0.341 e.